The van der Waals surface area contributed by atoms with E-state index >= 15 is 0 Å². The highest BCUT2D eigenvalue weighted by Gasteiger charge is 2.19. The van der Waals surface area contributed by atoms with Crippen LogP contribution in [0.2, 0.25) is 0 Å². The lowest BCUT2D eigenvalue weighted by Gasteiger charge is -2.04. The molecule has 17 heavy (non-hydrogen) atoms. The number of nitrogens with zero attached hydrogens (tertiary/aromatic N) is 1. The van der Waals surface area contributed by atoms with E-state index in [4.69, 9.17) is 0 Å². The van der Waals surface area contributed by atoms with E-state index in [-0.39, 0.29) is 5.56 Å². The van der Waals surface area contributed by atoms with Gasteiger partial charge in [-0.1, -0.05) is 0 Å². The van der Waals surface area contributed by atoms with Gasteiger partial charge < -0.3 is 10.3 Å². The number of hydrogen-bond donors (Lipinski definition) is 2. The summed E-state index contributed by atoms with van der Waals surface area (Å²) < 4.78 is 0. The molecule has 4 nitrogen and oxygen atoms in total. The molecule has 0 saturated carbocycles. The summed E-state index contributed by atoms with van der Waals surface area (Å²) in [4.78, 5) is 18.5. The smallest absolute Gasteiger partial charge is 0.248 e. The van der Waals surface area contributed by atoms with Crippen molar-refractivity contribution in [3.63, 3.8) is 0 Å². The Hall–Kier alpha value is -1.46. The average Bonchev–Trinajstić information content (AvgIpc) is 3.00. The zero-order valence-corrected chi connectivity index (χ0v) is 10.1. The zero-order chi connectivity index (χ0) is 11.7. The molecule has 1 saturated heterocycles. The van der Waals surface area contributed by atoms with Crippen molar-refractivity contribution < 1.29 is 0 Å². The molecule has 0 bridgehead atoms. The summed E-state index contributed by atoms with van der Waals surface area (Å²) in [7, 11) is 0. The summed E-state index contributed by atoms with van der Waals surface area (Å²) in [5.74, 6) is 0. The van der Waals surface area contributed by atoms with Gasteiger partial charge in [0.05, 0.1) is 11.7 Å². The highest BCUT2D eigenvalue weighted by Crippen LogP contribution is 2.29. The summed E-state index contributed by atoms with van der Waals surface area (Å²) in [5, 5.41) is 6.57. The number of aromatic amines is 1. The fraction of sp³-hybridized carbons (Fsp3) is 0.333. The molecule has 3 heterocycles. The van der Waals surface area contributed by atoms with Crippen molar-refractivity contribution in [1.82, 2.24) is 15.3 Å². The molecule has 0 spiro atoms. The fourth-order valence-corrected chi connectivity index (χ4v) is 3.02. The number of hydrogen-bond acceptors (Lipinski definition) is 4. The molecule has 0 unspecified atom stereocenters. The fourth-order valence-electron chi connectivity index (χ4n) is 2.08. The van der Waals surface area contributed by atoms with Gasteiger partial charge in [0.1, 0.15) is 5.01 Å². The third-order valence-corrected chi connectivity index (χ3v) is 3.91. The van der Waals surface area contributed by atoms with Crippen molar-refractivity contribution in [1.29, 1.82) is 0 Å². The van der Waals surface area contributed by atoms with Gasteiger partial charge in [-0.15, -0.1) is 11.3 Å². The van der Waals surface area contributed by atoms with Crippen LogP contribution in [-0.4, -0.2) is 16.5 Å². The molecule has 3 rings (SSSR count). The second-order valence-corrected chi connectivity index (χ2v) is 5.05. The van der Waals surface area contributed by atoms with Crippen LogP contribution in [0.3, 0.4) is 0 Å². The quantitative estimate of drug-likeness (QED) is 0.852. The molecule has 1 fully saturated rings. The number of thiazole rings is 1. The number of nitrogens with one attached hydrogen (secondary N) is 2. The average molecular weight is 247 g/mol. The second-order valence-electron chi connectivity index (χ2n) is 4.16. The first kappa shape index (κ1) is 10.7. The first-order valence-electron chi connectivity index (χ1n) is 5.71. The molecule has 2 aromatic heterocycles. The highest BCUT2D eigenvalue weighted by atomic mass is 32.1. The highest BCUT2D eigenvalue weighted by molar-refractivity contribution is 7.10. The van der Waals surface area contributed by atoms with Crippen LogP contribution < -0.4 is 10.9 Å². The molecule has 0 amide bonds. The topological polar surface area (TPSA) is 57.8 Å². The van der Waals surface area contributed by atoms with Crippen molar-refractivity contribution in [3.8, 4) is 11.3 Å². The van der Waals surface area contributed by atoms with Crippen LogP contribution >= 0.6 is 11.3 Å². The Balaban J connectivity index is 1.91. The number of pyridine rings is 1. The molecule has 1 aliphatic heterocycles. The first-order valence-corrected chi connectivity index (χ1v) is 6.59. The maximum Gasteiger partial charge on any atom is 0.248 e. The van der Waals surface area contributed by atoms with Crippen molar-refractivity contribution in [2.24, 2.45) is 0 Å². The lowest BCUT2D eigenvalue weighted by atomic mass is 10.2. The van der Waals surface area contributed by atoms with E-state index in [9.17, 15) is 4.79 Å². The second kappa shape index (κ2) is 4.43. The van der Waals surface area contributed by atoms with Gasteiger partial charge >= 0.3 is 0 Å². The summed E-state index contributed by atoms with van der Waals surface area (Å²) >= 11 is 1.66. The molecule has 0 aliphatic carbocycles. The summed E-state index contributed by atoms with van der Waals surface area (Å²) in [6.07, 6.45) is 4.03. The molecular weight excluding hydrogens is 234 g/mol. The normalized spacial score (nSPS) is 19.6. The van der Waals surface area contributed by atoms with E-state index in [0.29, 0.717) is 6.04 Å². The Bertz CT molecular complexity index is 569. The lowest BCUT2D eigenvalue weighted by molar-refractivity contribution is 0.643. The van der Waals surface area contributed by atoms with E-state index in [1.54, 1.807) is 23.6 Å². The van der Waals surface area contributed by atoms with Crippen molar-refractivity contribution in [2.45, 2.75) is 18.9 Å². The SMILES string of the molecule is O=c1cc(-c2csc([C@H]3CCCN3)n2)cc[nH]1. The Labute approximate surface area is 103 Å². The van der Waals surface area contributed by atoms with Crippen LogP contribution in [0.5, 0.6) is 0 Å². The van der Waals surface area contributed by atoms with Crippen molar-refractivity contribution in [2.75, 3.05) is 6.54 Å². The largest absolute Gasteiger partial charge is 0.329 e. The van der Waals surface area contributed by atoms with Gasteiger partial charge in [-0.05, 0) is 25.5 Å². The van der Waals surface area contributed by atoms with Crippen LogP contribution in [0.25, 0.3) is 11.3 Å². The zero-order valence-electron chi connectivity index (χ0n) is 9.27. The van der Waals surface area contributed by atoms with Crippen LogP contribution in [0.15, 0.2) is 28.5 Å². The Kier molecular flexibility index (Phi) is 2.78. The summed E-state index contributed by atoms with van der Waals surface area (Å²) in [6.45, 7) is 1.07. The molecule has 88 valence electrons. The molecule has 0 aromatic carbocycles. The lowest BCUT2D eigenvalue weighted by Crippen LogP contribution is -2.12. The maximum atomic E-state index is 11.2. The predicted octanol–water partition coefficient (Wildman–Crippen LogP) is 1.92. The molecule has 1 aliphatic rings. The molecule has 2 N–H and O–H groups in total. The van der Waals surface area contributed by atoms with Crippen molar-refractivity contribution in [3.05, 3.63) is 39.1 Å². The van der Waals surface area contributed by atoms with Crippen LogP contribution in [0.4, 0.5) is 0 Å². The van der Waals surface area contributed by atoms with E-state index in [2.05, 4.69) is 15.3 Å². The van der Waals surface area contributed by atoms with Crippen LogP contribution in [0.1, 0.15) is 23.9 Å². The monoisotopic (exact) mass is 247 g/mol. The third kappa shape index (κ3) is 2.16. The predicted molar refractivity (Wildman–Crippen MR) is 68.1 cm³/mol. The molecular formula is C12H13N3OS. The number of H-pyrrole nitrogens is 1. The van der Waals surface area contributed by atoms with Crippen molar-refractivity contribution >= 4 is 11.3 Å². The van der Waals surface area contributed by atoms with Crippen LogP contribution in [0, 0.1) is 0 Å². The van der Waals surface area contributed by atoms with E-state index in [0.717, 1.165) is 29.2 Å². The van der Waals surface area contributed by atoms with Gasteiger partial charge in [-0.2, -0.15) is 0 Å². The number of rotatable bonds is 2. The summed E-state index contributed by atoms with van der Waals surface area (Å²) in [5.41, 5.74) is 1.69. The molecule has 2 aromatic rings. The standard InChI is InChI=1S/C12H13N3OS/c16-11-6-8(3-5-14-11)10-7-17-12(15-10)9-2-1-4-13-9/h3,5-7,9,13H,1-2,4H2,(H,14,16)/t9-/m1/s1. The van der Waals surface area contributed by atoms with E-state index in [1.165, 1.54) is 6.42 Å². The first-order chi connectivity index (χ1) is 8.33. The van der Waals surface area contributed by atoms with Gasteiger partial charge in [0.15, 0.2) is 0 Å². The minimum absolute atomic E-state index is 0.0870. The van der Waals surface area contributed by atoms with Gasteiger partial charge in [0.2, 0.25) is 5.56 Å². The Morgan fingerprint density at radius 2 is 2.41 bits per heavy atom. The van der Waals surface area contributed by atoms with Gasteiger partial charge in [-0.25, -0.2) is 4.98 Å². The molecule has 5 heteroatoms. The minimum atomic E-state index is -0.0870. The minimum Gasteiger partial charge on any atom is -0.329 e. The molecule has 0 radical (unpaired) electrons. The van der Waals surface area contributed by atoms with Gasteiger partial charge in [-0.3, -0.25) is 4.79 Å². The third-order valence-electron chi connectivity index (χ3n) is 2.95. The Morgan fingerprint density at radius 1 is 1.47 bits per heavy atom. The molecule has 1 atom stereocenters. The number of aromatic nitrogens is 2. The van der Waals surface area contributed by atoms with E-state index < -0.39 is 0 Å². The van der Waals surface area contributed by atoms with Crippen LogP contribution in [-0.2, 0) is 0 Å². The van der Waals surface area contributed by atoms with E-state index in [1.807, 2.05) is 11.4 Å². The Morgan fingerprint density at radius 3 is 3.18 bits per heavy atom. The summed E-state index contributed by atoms with van der Waals surface area (Å²) in [6, 6.07) is 3.86. The maximum absolute atomic E-state index is 11.2. The van der Waals surface area contributed by atoms with Gasteiger partial charge in [0, 0.05) is 23.2 Å². The van der Waals surface area contributed by atoms with Gasteiger partial charge in [0.25, 0.3) is 0 Å².